The first-order valence-electron chi connectivity index (χ1n) is 41.7. The van der Waals surface area contributed by atoms with E-state index in [1.807, 2.05) is 18.2 Å². The van der Waals surface area contributed by atoms with E-state index in [9.17, 15) is 43.2 Å². The van der Waals surface area contributed by atoms with E-state index in [-0.39, 0.29) is 25.7 Å². The van der Waals surface area contributed by atoms with Gasteiger partial charge in [0.1, 0.15) is 19.3 Å². The normalized spacial score (nSPS) is 14.6. The van der Waals surface area contributed by atoms with E-state index in [1.54, 1.807) is 0 Å². The Kier molecular flexibility index (Phi) is 75.8. The molecule has 2 unspecified atom stereocenters. The Morgan fingerprint density at radius 1 is 0.269 bits per heavy atom. The van der Waals surface area contributed by atoms with Crippen molar-refractivity contribution in [2.24, 2.45) is 0 Å². The zero-order valence-corrected chi connectivity index (χ0v) is 69.3. The lowest BCUT2D eigenvalue weighted by Gasteiger charge is -2.21. The third-order valence-corrected chi connectivity index (χ3v) is 18.9. The average Bonchev–Trinajstić information content (AvgIpc) is 0.914. The first kappa shape index (κ1) is 103. The molecule has 0 rings (SSSR count). The molecular weight excluding hydrogens is 1400 g/mol. The number of allylic oxidation sites excluding steroid dienone is 26. The van der Waals surface area contributed by atoms with Gasteiger partial charge in [-0.25, -0.2) is 9.13 Å². The molecular formula is C89H148O17P2. The first-order chi connectivity index (χ1) is 52.7. The van der Waals surface area contributed by atoms with Crippen molar-refractivity contribution in [2.75, 3.05) is 39.6 Å². The lowest BCUT2D eigenvalue weighted by Crippen LogP contribution is -2.30. The summed E-state index contributed by atoms with van der Waals surface area (Å²) in [5.41, 5.74) is 0. The van der Waals surface area contributed by atoms with E-state index in [2.05, 4.69) is 167 Å². The Labute approximate surface area is 655 Å². The van der Waals surface area contributed by atoms with Crippen LogP contribution in [0.4, 0.5) is 0 Å². The van der Waals surface area contributed by atoms with Gasteiger partial charge in [-0.2, -0.15) is 0 Å². The lowest BCUT2D eigenvalue weighted by atomic mass is 10.1. The summed E-state index contributed by atoms with van der Waals surface area (Å²) in [6.07, 6.45) is 93.7. The van der Waals surface area contributed by atoms with Gasteiger partial charge in [0.05, 0.1) is 26.4 Å². The summed E-state index contributed by atoms with van der Waals surface area (Å²) in [5, 5.41) is 10.7. The fourth-order valence-corrected chi connectivity index (χ4v) is 12.3. The van der Waals surface area contributed by atoms with Crippen molar-refractivity contribution in [2.45, 2.75) is 341 Å². The maximum atomic E-state index is 13.1. The largest absolute Gasteiger partial charge is 0.472 e. The Hall–Kier alpha value is -5.32. The zero-order valence-electron chi connectivity index (χ0n) is 67.5. The molecule has 108 heavy (non-hydrogen) atoms. The molecule has 0 saturated heterocycles. The summed E-state index contributed by atoms with van der Waals surface area (Å²) in [6, 6.07) is 0. The highest BCUT2D eigenvalue weighted by Gasteiger charge is 2.30. The molecule has 0 aromatic carbocycles. The molecule has 0 aliphatic heterocycles. The highest BCUT2D eigenvalue weighted by molar-refractivity contribution is 7.47. The monoisotopic (exact) mass is 1550 g/mol. The van der Waals surface area contributed by atoms with Crippen molar-refractivity contribution in [3.05, 3.63) is 158 Å². The van der Waals surface area contributed by atoms with Gasteiger partial charge in [-0.15, -0.1) is 0 Å². The summed E-state index contributed by atoms with van der Waals surface area (Å²) in [4.78, 5) is 73.1. The van der Waals surface area contributed by atoms with E-state index in [0.29, 0.717) is 32.1 Å². The van der Waals surface area contributed by atoms with E-state index >= 15 is 0 Å². The molecule has 0 heterocycles. The van der Waals surface area contributed by atoms with Gasteiger partial charge in [0.15, 0.2) is 12.2 Å². The number of aliphatic hydroxyl groups excluding tert-OH is 1. The van der Waals surface area contributed by atoms with Crippen molar-refractivity contribution in [3.8, 4) is 0 Å². The fraction of sp³-hybridized carbons (Fsp3) is 0.663. The van der Waals surface area contributed by atoms with Gasteiger partial charge in [-0.3, -0.25) is 37.3 Å². The van der Waals surface area contributed by atoms with Crippen LogP contribution in [0.1, 0.15) is 323 Å². The third kappa shape index (κ3) is 78.8. The number of unbranched alkanes of at least 4 members (excludes halogenated alkanes) is 25. The predicted octanol–water partition coefficient (Wildman–Crippen LogP) is 24.8. The highest BCUT2D eigenvalue weighted by atomic mass is 31.2. The van der Waals surface area contributed by atoms with Crippen molar-refractivity contribution in [1.29, 1.82) is 0 Å². The third-order valence-electron chi connectivity index (χ3n) is 17.0. The second kappa shape index (κ2) is 79.8. The van der Waals surface area contributed by atoms with E-state index in [1.165, 1.54) is 77.0 Å². The second-order valence-electron chi connectivity index (χ2n) is 27.3. The van der Waals surface area contributed by atoms with Gasteiger partial charge in [-0.1, -0.05) is 295 Å². The molecule has 0 fully saturated rings. The molecule has 0 aromatic rings. The van der Waals surface area contributed by atoms with Gasteiger partial charge in [0.2, 0.25) is 0 Å². The lowest BCUT2D eigenvalue weighted by molar-refractivity contribution is -0.161. The van der Waals surface area contributed by atoms with Gasteiger partial charge >= 0.3 is 39.5 Å². The molecule has 19 heteroatoms. The van der Waals surface area contributed by atoms with Gasteiger partial charge < -0.3 is 33.8 Å². The molecule has 17 nitrogen and oxygen atoms in total. The smallest absolute Gasteiger partial charge is 0.462 e. The van der Waals surface area contributed by atoms with Crippen LogP contribution in [0.5, 0.6) is 0 Å². The van der Waals surface area contributed by atoms with Crippen molar-refractivity contribution < 1.29 is 80.2 Å². The number of carbonyl (C=O) groups excluding carboxylic acids is 4. The number of aliphatic hydroxyl groups is 1. The number of carbonyl (C=O) groups is 4. The minimum Gasteiger partial charge on any atom is -0.462 e. The van der Waals surface area contributed by atoms with Crippen LogP contribution in [0, 0.1) is 0 Å². The molecule has 0 aliphatic carbocycles. The molecule has 0 bridgehead atoms. The van der Waals surface area contributed by atoms with Crippen LogP contribution in [-0.4, -0.2) is 96.7 Å². The Morgan fingerprint density at radius 3 is 0.815 bits per heavy atom. The van der Waals surface area contributed by atoms with Gasteiger partial charge in [0, 0.05) is 25.7 Å². The number of ether oxygens (including phenoxy) is 4. The summed E-state index contributed by atoms with van der Waals surface area (Å²) in [6.45, 7) is 4.51. The van der Waals surface area contributed by atoms with Crippen LogP contribution in [0.3, 0.4) is 0 Å². The first-order valence-corrected chi connectivity index (χ1v) is 44.7. The van der Waals surface area contributed by atoms with Gasteiger partial charge in [-0.05, 0) is 161 Å². The van der Waals surface area contributed by atoms with Gasteiger partial charge in [0.25, 0.3) is 0 Å². The fourth-order valence-electron chi connectivity index (χ4n) is 10.7. The molecule has 0 aromatic heterocycles. The molecule has 3 N–H and O–H groups in total. The Balaban J connectivity index is 5.49. The average molecular weight is 1550 g/mol. The molecule has 5 atom stereocenters. The zero-order chi connectivity index (χ0) is 78.9. The molecule has 0 aliphatic rings. The van der Waals surface area contributed by atoms with E-state index in [4.69, 9.17) is 37.0 Å². The summed E-state index contributed by atoms with van der Waals surface area (Å²) in [7, 11) is -10.0. The van der Waals surface area contributed by atoms with Crippen molar-refractivity contribution >= 4 is 39.5 Å². The SMILES string of the molecule is CC/C=C\C/C=C\C/C=C\C/C=C\C/C=C\C/C=C\CCC(=O)OC[C@H](COP(=O)(O)OC[C@@H](O)COP(=O)(O)OC[C@@H](COC(=O)CCCCCCC/C=C\CCCCCCCC)OC(=O)CCCCC/C=C\C/C=C\C/C=C\C/C=C\C/C=C\CC)OC(=O)CCCCCCC/C=C\CCCCCCCC. The van der Waals surface area contributed by atoms with Crippen LogP contribution in [0.15, 0.2) is 158 Å². The van der Waals surface area contributed by atoms with Crippen molar-refractivity contribution in [1.82, 2.24) is 0 Å². The van der Waals surface area contributed by atoms with Crippen LogP contribution in [-0.2, 0) is 65.4 Å². The number of rotatable bonds is 77. The van der Waals surface area contributed by atoms with Crippen LogP contribution in [0.25, 0.3) is 0 Å². The number of phosphoric ester groups is 2. The van der Waals surface area contributed by atoms with E-state index in [0.717, 1.165) is 161 Å². The van der Waals surface area contributed by atoms with Crippen molar-refractivity contribution in [3.63, 3.8) is 0 Å². The summed E-state index contributed by atoms with van der Waals surface area (Å²) in [5.74, 6) is -2.33. The van der Waals surface area contributed by atoms with Crippen LogP contribution >= 0.6 is 15.6 Å². The summed E-state index contributed by atoms with van der Waals surface area (Å²) >= 11 is 0. The highest BCUT2D eigenvalue weighted by Crippen LogP contribution is 2.45. The molecule has 0 spiro atoms. The number of hydrogen-bond donors (Lipinski definition) is 3. The summed E-state index contributed by atoms with van der Waals surface area (Å²) < 4.78 is 68.6. The minimum absolute atomic E-state index is 0.0299. The topological polar surface area (TPSA) is 237 Å². The minimum atomic E-state index is -5.01. The Bertz CT molecular complexity index is 2660. The second-order valence-corrected chi connectivity index (χ2v) is 30.2. The standard InChI is InChI=1S/C89H148O17P2/c1-5-9-13-17-21-25-29-33-37-39-41-43-47-50-54-58-62-66-70-74-87(92)100-80-84(105-88(93)75-71-67-63-59-55-51-46-36-32-28-24-20-16-12-8-4)81-103-107(95,96)101-77-83(90)78-102-108(97,98)104-82-85(79-99-86(91)73-69-65-61-57-53-49-45-35-31-27-23-19-15-11-7-3)106-89(94)76-72-68-64-60-56-52-48-44-42-40-38-34-30-26-22-18-14-10-6-2/h9-10,13-14,21-22,25-26,33-38,41-46,50,52,54,56,62,66,83-85,90H,5-8,11-12,15-20,23-24,27-32,39-40,47-49,51,53,55,57-61,63-65,67-82H2,1-4H3,(H,95,96)(H,97,98)/b13-9-,14-10-,25-21-,26-22-,37-33-,38-34-,43-41-,44-42-,45-35-,46-36-,54-50-,56-52-,66-62-/t83-,84-,85-/m1/s1. The maximum absolute atomic E-state index is 13.1. The molecule has 616 valence electrons. The van der Waals surface area contributed by atoms with E-state index < -0.39 is 97.5 Å². The maximum Gasteiger partial charge on any atom is 0.472 e. The quantitative estimate of drug-likeness (QED) is 0.0169. The number of phosphoric acid groups is 2. The Morgan fingerprint density at radius 2 is 0.500 bits per heavy atom. The molecule has 0 amide bonds. The van der Waals surface area contributed by atoms with Crippen LogP contribution < -0.4 is 0 Å². The number of esters is 4. The number of hydrogen-bond acceptors (Lipinski definition) is 15. The molecule has 0 radical (unpaired) electrons. The van der Waals surface area contributed by atoms with Crippen LogP contribution in [0.2, 0.25) is 0 Å². The molecule has 0 saturated carbocycles. The predicted molar refractivity (Wildman–Crippen MR) is 445 cm³/mol.